The van der Waals surface area contributed by atoms with Gasteiger partial charge in [-0.1, -0.05) is 24.3 Å². The van der Waals surface area contributed by atoms with Crippen molar-refractivity contribution in [1.29, 1.82) is 0 Å². The molecule has 0 bridgehead atoms. The summed E-state index contributed by atoms with van der Waals surface area (Å²) in [5.41, 5.74) is 1.88. The molecule has 7 heteroatoms. The van der Waals surface area contributed by atoms with E-state index in [1.165, 1.54) is 0 Å². The molecule has 4 aromatic rings. The van der Waals surface area contributed by atoms with Crippen LogP contribution in [0.2, 0.25) is 0 Å². The predicted octanol–water partition coefficient (Wildman–Crippen LogP) is 3.49. The van der Waals surface area contributed by atoms with Crippen LogP contribution in [0.5, 0.6) is 0 Å². The van der Waals surface area contributed by atoms with Crippen molar-refractivity contribution in [2.75, 3.05) is 4.72 Å². The third-order valence-electron chi connectivity index (χ3n) is 3.77. The average molecular weight is 339 g/mol. The van der Waals surface area contributed by atoms with Gasteiger partial charge in [0.25, 0.3) is 10.0 Å². The third kappa shape index (κ3) is 2.39. The first-order valence-corrected chi connectivity index (χ1v) is 8.76. The predicted molar refractivity (Wildman–Crippen MR) is 91.3 cm³/mol. The summed E-state index contributed by atoms with van der Waals surface area (Å²) in [4.78, 5) is 8.51. The number of pyridine rings is 1. The maximum atomic E-state index is 12.8. The van der Waals surface area contributed by atoms with Gasteiger partial charge in [0, 0.05) is 22.7 Å². The molecular weight excluding hydrogens is 326 g/mol. The van der Waals surface area contributed by atoms with Gasteiger partial charge in [0.15, 0.2) is 5.58 Å². The van der Waals surface area contributed by atoms with Crippen molar-refractivity contribution in [2.45, 2.75) is 11.8 Å². The number of benzene rings is 2. The first kappa shape index (κ1) is 14.6. The molecule has 1 N–H and O–H groups in total. The molecule has 0 atom stereocenters. The highest BCUT2D eigenvalue weighted by atomic mass is 32.2. The molecule has 2 aromatic heterocycles. The molecule has 6 nitrogen and oxygen atoms in total. The van der Waals surface area contributed by atoms with Gasteiger partial charge in [-0.3, -0.25) is 4.98 Å². The smallest absolute Gasteiger partial charge is 0.309 e. The SMILES string of the molecule is Cc1nccc2c(S(=O)(=O)Nc3nc4ccccc4o3)cccc12. The van der Waals surface area contributed by atoms with E-state index in [2.05, 4.69) is 14.7 Å². The van der Waals surface area contributed by atoms with E-state index in [4.69, 9.17) is 4.42 Å². The van der Waals surface area contributed by atoms with E-state index in [9.17, 15) is 8.42 Å². The molecule has 0 saturated heterocycles. The maximum absolute atomic E-state index is 12.8. The van der Waals surface area contributed by atoms with E-state index in [1.54, 1.807) is 42.6 Å². The van der Waals surface area contributed by atoms with Gasteiger partial charge in [-0.05, 0) is 31.2 Å². The van der Waals surface area contributed by atoms with Crippen LogP contribution in [-0.4, -0.2) is 18.4 Å². The first-order valence-electron chi connectivity index (χ1n) is 7.27. The molecule has 4 rings (SSSR count). The topological polar surface area (TPSA) is 85.1 Å². The second-order valence-electron chi connectivity index (χ2n) is 5.34. The number of aromatic nitrogens is 2. The molecule has 24 heavy (non-hydrogen) atoms. The number of oxazole rings is 1. The van der Waals surface area contributed by atoms with E-state index in [0.717, 1.165) is 11.1 Å². The number of nitrogens with zero attached hydrogens (tertiary/aromatic N) is 2. The highest BCUT2D eigenvalue weighted by Crippen LogP contribution is 2.27. The van der Waals surface area contributed by atoms with Gasteiger partial charge in [0.1, 0.15) is 5.52 Å². The van der Waals surface area contributed by atoms with Gasteiger partial charge in [-0.15, -0.1) is 0 Å². The Morgan fingerprint density at radius 1 is 1.00 bits per heavy atom. The lowest BCUT2D eigenvalue weighted by atomic mass is 10.1. The summed E-state index contributed by atoms with van der Waals surface area (Å²) in [6.45, 7) is 1.84. The van der Waals surface area contributed by atoms with Gasteiger partial charge in [0.2, 0.25) is 0 Å². The largest absolute Gasteiger partial charge is 0.423 e. The van der Waals surface area contributed by atoms with Crippen LogP contribution in [0.1, 0.15) is 5.69 Å². The molecule has 0 fully saturated rings. The zero-order valence-electron chi connectivity index (χ0n) is 12.7. The summed E-state index contributed by atoms with van der Waals surface area (Å²) in [6, 6.07) is 13.8. The zero-order valence-corrected chi connectivity index (χ0v) is 13.5. The second-order valence-corrected chi connectivity index (χ2v) is 6.99. The Kier molecular flexibility index (Phi) is 3.24. The van der Waals surface area contributed by atoms with Gasteiger partial charge < -0.3 is 4.42 Å². The highest BCUT2D eigenvalue weighted by Gasteiger charge is 2.20. The Labute approximate surface area is 138 Å². The molecule has 0 radical (unpaired) electrons. The molecule has 120 valence electrons. The summed E-state index contributed by atoms with van der Waals surface area (Å²) in [7, 11) is -3.84. The standard InChI is InChI=1S/C17H13N3O3S/c1-11-12-5-4-8-16(13(12)9-10-18-11)24(21,22)20-17-19-14-6-2-3-7-15(14)23-17/h2-10H,1H3,(H,19,20). The molecule has 2 heterocycles. The van der Waals surface area contributed by atoms with E-state index < -0.39 is 10.0 Å². The van der Waals surface area contributed by atoms with Gasteiger partial charge in [0.05, 0.1) is 4.90 Å². The third-order valence-corrected chi connectivity index (χ3v) is 5.15. The summed E-state index contributed by atoms with van der Waals surface area (Å²) < 4.78 is 33.4. The average Bonchev–Trinajstić information content (AvgIpc) is 2.96. The summed E-state index contributed by atoms with van der Waals surface area (Å²) >= 11 is 0. The molecule has 0 unspecified atom stereocenters. The summed E-state index contributed by atoms with van der Waals surface area (Å²) in [5, 5.41) is 1.39. The molecule has 0 aliphatic rings. The normalized spacial score (nSPS) is 11.9. The van der Waals surface area contributed by atoms with Crippen molar-refractivity contribution in [3.63, 3.8) is 0 Å². The second kappa shape index (κ2) is 5.31. The molecule has 0 aliphatic carbocycles. The lowest BCUT2D eigenvalue weighted by Crippen LogP contribution is -2.13. The van der Waals surface area contributed by atoms with Gasteiger partial charge >= 0.3 is 6.01 Å². The number of para-hydroxylation sites is 2. The summed E-state index contributed by atoms with van der Waals surface area (Å²) in [5.74, 6) is 0. The molecule has 0 saturated carbocycles. The van der Waals surface area contributed by atoms with Gasteiger partial charge in [-0.2, -0.15) is 4.98 Å². The van der Waals surface area contributed by atoms with E-state index in [0.29, 0.717) is 16.5 Å². The Balaban J connectivity index is 1.82. The van der Waals surface area contributed by atoms with Crippen molar-refractivity contribution < 1.29 is 12.8 Å². The zero-order chi connectivity index (χ0) is 16.7. The number of rotatable bonds is 3. The summed E-state index contributed by atoms with van der Waals surface area (Å²) in [6.07, 6.45) is 1.59. The van der Waals surface area contributed by atoms with Crippen LogP contribution in [0.15, 0.2) is 64.0 Å². The van der Waals surface area contributed by atoms with Crippen molar-refractivity contribution in [2.24, 2.45) is 0 Å². The molecule has 0 amide bonds. The van der Waals surface area contributed by atoms with Gasteiger partial charge in [-0.25, -0.2) is 13.1 Å². The maximum Gasteiger partial charge on any atom is 0.309 e. The molecule has 0 aliphatic heterocycles. The lowest BCUT2D eigenvalue weighted by Gasteiger charge is -2.09. The number of nitrogens with one attached hydrogen (secondary N) is 1. The number of anilines is 1. The van der Waals surface area contributed by atoms with Crippen molar-refractivity contribution in [1.82, 2.24) is 9.97 Å². The number of sulfonamides is 1. The van der Waals surface area contributed by atoms with Crippen molar-refractivity contribution in [3.8, 4) is 0 Å². The van der Waals surface area contributed by atoms with Crippen LogP contribution < -0.4 is 4.72 Å². The van der Waals surface area contributed by atoms with E-state index in [1.807, 2.05) is 19.1 Å². The number of hydrogen-bond acceptors (Lipinski definition) is 5. The van der Waals surface area contributed by atoms with Crippen LogP contribution in [0, 0.1) is 6.92 Å². The Morgan fingerprint density at radius 2 is 1.83 bits per heavy atom. The molecule has 0 spiro atoms. The van der Waals surface area contributed by atoms with Crippen molar-refractivity contribution in [3.05, 3.63) is 60.4 Å². The number of aryl methyl sites for hydroxylation is 1. The highest BCUT2D eigenvalue weighted by molar-refractivity contribution is 7.93. The number of fused-ring (bicyclic) bond motifs is 2. The Hall–Kier alpha value is -2.93. The fourth-order valence-electron chi connectivity index (χ4n) is 2.64. The van der Waals surface area contributed by atoms with Crippen LogP contribution in [0.3, 0.4) is 0 Å². The first-order chi connectivity index (χ1) is 11.5. The molecular formula is C17H13N3O3S. The van der Waals surface area contributed by atoms with E-state index in [-0.39, 0.29) is 10.9 Å². The van der Waals surface area contributed by atoms with Crippen LogP contribution in [0.4, 0.5) is 6.01 Å². The van der Waals surface area contributed by atoms with Crippen molar-refractivity contribution >= 4 is 37.9 Å². The Bertz CT molecular complexity index is 1130. The minimum Gasteiger partial charge on any atom is -0.423 e. The number of hydrogen-bond donors (Lipinski definition) is 1. The Morgan fingerprint density at radius 3 is 2.67 bits per heavy atom. The minimum absolute atomic E-state index is 0.0565. The minimum atomic E-state index is -3.84. The van der Waals surface area contributed by atoms with Crippen LogP contribution >= 0.6 is 0 Å². The fourth-order valence-corrected chi connectivity index (χ4v) is 3.80. The van der Waals surface area contributed by atoms with Crippen LogP contribution in [0.25, 0.3) is 21.9 Å². The van der Waals surface area contributed by atoms with E-state index >= 15 is 0 Å². The fraction of sp³-hybridized carbons (Fsp3) is 0.0588. The molecule has 2 aromatic carbocycles. The quantitative estimate of drug-likeness (QED) is 0.617. The lowest BCUT2D eigenvalue weighted by molar-refractivity contribution is 0.592. The van der Waals surface area contributed by atoms with Crippen LogP contribution in [-0.2, 0) is 10.0 Å². The monoisotopic (exact) mass is 339 g/mol.